The fourth-order valence-corrected chi connectivity index (χ4v) is 1.19. The van der Waals surface area contributed by atoms with Crippen LogP contribution in [0.25, 0.3) is 0 Å². The summed E-state index contributed by atoms with van der Waals surface area (Å²) in [7, 11) is 0. The number of alkyl halides is 1. The van der Waals surface area contributed by atoms with E-state index < -0.39 is 0 Å². The lowest BCUT2D eigenvalue weighted by atomic mass is 10.1. The van der Waals surface area contributed by atoms with Crippen molar-refractivity contribution < 1.29 is 4.52 Å². The molecule has 0 aliphatic rings. The van der Waals surface area contributed by atoms with Crippen LogP contribution in [0.2, 0.25) is 0 Å². The van der Waals surface area contributed by atoms with Crippen molar-refractivity contribution in [2.24, 2.45) is 0 Å². The minimum absolute atomic E-state index is 0.322. The quantitative estimate of drug-likeness (QED) is 0.682. The lowest BCUT2D eigenvalue weighted by Crippen LogP contribution is -1.93. The van der Waals surface area contributed by atoms with Gasteiger partial charge in [0.15, 0.2) is 5.82 Å². The van der Waals surface area contributed by atoms with Crippen molar-refractivity contribution in [2.75, 3.05) is 0 Å². The predicted octanol–water partition coefficient (Wildman–Crippen LogP) is 2.71. The molecule has 1 unspecified atom stereocenters. The average Bonchev–Trinajstić information content (AvgIpc) is 2.52. The first-order valence-corrected chi connectivity index (χ1v) is 4.69. The van der Waals surface area contributed by atoms with E-state index in [1.54, 1.807) is 0 Å². The Labute approximate surface area is 77.1 Å². The third kappa shape index (κ3) is 2.21. The molecule has 1 rings (SSSR count). The van der Waals surface area contributed by atoms with Crippen LogP contribution in [-0.2, 0) is 5.88 Å². The van der Waals surface area contributed by atoms with E-state index in [0.29, 0.717) is 23.5 Å². The third-order valence-electron chi connectivity index (χ3n) is 1.75. The van der Waals surface area contributed by atoms with Crippen molar-refractivity contribution in [3.63, 3.8) is 0 Å². The zero-order valence-corrected chi connectivity index (χ0v) is 8.14. The molecule has 1 aromatic rings. The van der Waals surface area contributed by atoms with Crippen molar-refractivity contribution >= 4 is 11.6 Å². The van der Waals surface area contributed by atoms with E-state index >= 15 is 0 Å². The van der Waals surface area contributed by atoms with Gasteiger partial charge in [0.05, 0.1) is 5.88 Å². The Balaban J connectivity index is 2.61. The third-order valence-corrected chi connectivity index (χ3v) is 1.99. The van der Waals surface area contributed by atoms with Gasteiger partial charge in [0, 0.05) is 5.92 Å². The van der Waals surface area contributed by atoms with Gasteiger partial charge in [0.2, 0.25) is 5.89 Å². The van der Waals surface area contributed by atoms with E-state index in [0.717, 1.165) is 12.8 Å². The second-order valence-electron chi connectivity index (χ2n) is 2.87. The molecule has 0 aliphatic heterocycles. The number of hydrogen-bond acceptors (Lipinski definition) is 3. The maximum Gasteiger partial charge on any atom is 0.229 e. The summed E-state index contributed by atoms with van der Waals surface area (Å²) in [6.07, 6.45) is 2.20. The van der Waals surface area contributed by atoms with E-state index in [2.05, 4.69) is 24.0 Å². The van der Waals surface area contributed by atoms with Crippen molar-refractivity contribution in [1.29, 1.82) is 0 Å². The molecule has 0 spiro atoms. The molecule has 12 heavy (non-hydrogen) atoms. The average molecular weight is 189 g/mol. The van der Waals surface area contributed by atoms with Gasteiger partial charge in [-0.25, -0.2) is 0 Å². The van der Waals surface area contributed by atoms with Crippen molar-refractivity contribution in [1.82, 2.24) is 10.1 Å². The molecule has 0 fully saturated rings. The molecule has 1 heterocycles. The standard InChI is InChI=1S/C8H13ClN2O/c1-3-4-6(2)8-10-7(5-9)11-12-8/h6H,3-5H2,1-2H3. The fraction of sp³-hybridized carbons (Fsp3) is 0.750. The van der Waals surface area contributed by atoms with Gasteiger partial charge in [0.1, 0.15) is 0 Å². The first kappa shape index (κ1) is 9.52. The Morgan fingerprint density at radius 3 is 2.83 bits per heavy atom. The smallest absolute Gasteiger partial charge is 0.229 e. The van der Waals surface area contributed by atoms with Crippen LogP contribution in [0.5, 0.6) is 0 Å². The monoisotopic (exact) mass is 188 g/mol. The molecule has 0 saturated carbocycles. The molecular weight excluding hydrogens is 176 g/mol. The summed E-state index contributed by atoms with van der Waals surface area (Å²) < 4.78 is 5.02. The SMILES string of the molecule is CCCC(C)c1nc(CCl)no1. The normalized spacial score (nSPS) is 13.2. The highest BCUT2D eigenvalue weighted by Crippen LogP contribution is 2.18. The minimum atomic E-state index is 0.322. The Hall–Kier alpha value is -0.570. The van der Waals surface area contributed by atoms with Crippen LogP contribution in [0.3, 0.4) is 0 Å². The maximum absolute atomic E-state index is 5.54. The largest absolute Gasteiger partial charge is 0.339 e. The van der Waals surface area contributed by atoms with E-state index in [1.807, 2.05) is 0 Å². The highest BCUT2D eigenvalue weighted by atomic mass is 35.5. The van der Waals surface area contributed by atoms with Crippen molar-refractivity contribution in [2.45, 2.75) is 38.5 Å². The number of aromatic nitrogens is 2. The van der Waals surface area contributed by atoms with Crippen molar-refractivity contribution in [3.8, 4) is 0 Å². The predicted molar refractivity (Wildman–Crippen MR) is 47.2 cm³/mol. The Bertz CT molecular complexity index is 237. The lowest BCUT2D eigenvalue weighted by molar-refractivity contribution is 0.350. The number of hydrogen-bond donors (Lipinski definition) is 0. The zero-order chi connectivity index (χ0) is 8.97. The van der Waals surface area contributed by atoms with Gasteiger partial charge < -0.3 is 4.52 Å². The first-order valence-electron chi connectivity index (χ1n) is 4.16. The van der Waals surface area contributed by atoms with Gasteiger partial charge in [0.25, 0.3) is 0 Å². The number of rotatable bonds is 4. The van der Waals surface area contributed by atoms with E-state index in [9.17, 15) is 0 Å². The highest BCUT2D eigenvalue weighted by molar-refractivity contribution is 6.16. The molecule has 1 aromatic heterocycles. The van der Waals surface area contributed by atoms with Gasteiger partial charge in [-0.15, -0.1) is 11.6 Å². The fourth-order valence-electron chi connectivity index (χ4n) is 1.08. The van der Waals surface area contributed by atoms with Gasteiger partial charge in [-0.3, -0.25) is 0 Å². The summed E-state index contributed by atoms with van der Waals surface area (Å²) in [5, 5.41) is 3.72. The van der Waals surface area contributed by atoms with Crippen LogP contribution in [-0.4, -0.2) is 10.1 Å². The topological polar surface area (TPSA) is 38.9 Å². The molecular formula is C8H13ClN2O. The van der Waals surface area contributed by atoms with Crippen LogP contribution < -0.4 is 0 Å². The molecule has 0 radical (unpaired) electrons. The highest BCUT2D eigenvalue weighted by Gasteiger charge is 2.12. The number of nitrogens with zero attached hydrogens (tertiary/aromatic N) is 2. The maximum atomic E-state index is 5.54. The van der Waals surface area contributed by atoms with Gasteiger partial charge in [-0.2, -0.15) is 4.98 Å². The Kier molecular flexibility index (Phi) is 3.53. The summed E-state index contributed by atoms with van der Waals surface area (Å²) in [5.41, 5.74) is 0. The summed E-state index contributed by atoms with van der Waals surface area (Å²) in [5.74, 6) is 1.95. The van der Waals surface area contributed by atoms with E-state index in [1.165, 1.54) is 0 Å². The summed E-state index contributed by atoms with van der Waals surface area (Å²) in [4.78, 5) is 4.14. The summed E-state index contributed by atoms with van der Waals surface area (Å²) in [6, 6.07) is 0. The zero-order valence-electron chi connectivity index (χ0n) is 7.38. The van der Waals surface area contributed by atoms with Crippen LogP contribution >= 0.6 is 11.6 Å². The second-order valence-corrected chi connectivity index (χ2v) is 3.14. The van der Waals surface area contributed by atoms with Crippen LogP contribution in [0, 0.1) is 0 Å². The minimum Gasteiger partial charge on any atom is -0.339 e. The first-order chi connectivity index (χ1) is 5.77. The van der Waals surface area contributed by atoms with Gasteiger partial charge in [-0.1, -0.05) is 25.4 Å². The molecule has 4 heteroatoms. The number of halogens is 1. The molecule has 0 aliphatic carbocycles. The second kappa shape index (κ2) is 4.45. The van der Waals surface area contributed by atoms with Crippen LogP contribution in [0.15, 0.2) is 4.52 Å². The molecule has 0 N–H and O–H groups in total. The molecule has 0 bridgehead atoms. The van der Waals surface area contributed by atoms with Gasteiger partial charge in [-0.05, 0) is 6.42 Å². The molecule has 0 aromatic carbocycles. The Morgan fingerprint density at radius 1 is 1.58 bits per heavy atom. The molecule has 68 valence electrons. The molecule has 0 saturated heterocycles. The summed E-state index contributed by atoms with van der Waals surface area (Å²) in [6.45, 7) is 4.21. The van der Waals surface area contributed by atoms with Crippen LogP contribution in [0.1, 0.15) is 44.3 Å². The van der Waals surface area contributed by atoms with Crippen LogP contribution in [0.4, 0.5) is 0 Å². The van der Waals surface area contributed by atoms with Gasteiger partial charge >= 0.3 is 0 Å². The van der Waals surface area contributed by atoms with E-state index in [-0.39, 0.29) is 0 Å². The lowest BCUT2D eigenvalue weighted by Gasteiger charge is -2.01. The molecule has 1 atom stereocenters. The van der Waals surface area contributed by atoms with Crippen molar-refractivity contribution in [3.05, 3.63) is 11.7 Å². The molecule has 0 amide bonds. The van der Waals surface area contributed by atoms with E-state index in [4.69, 9.17) is 16.1 Å². The molecule has 3 nitrogen and oxygen atoms in total. The Morgan fingerprint density at radius 2 is 2.33 bits per heavy atom. The summed E-state index contributed by atoms with van der Waals surface area (Å²) >= 11 is 5.54.